The Balaban J connectivity index is 2.47. The molecule has 17 heavy (non-hydrogen) atoms. The van der Waals surface area contributed by atoms with E-state index in [4.69, 9.17) is 5.11 Å². The number of aliphatic hydroxyl groups is 1. The van der Waals surface area contributed by atoms with Crippen LogP contribution < -0.4 is 10.6 Å². The molecule has 3 N–H and O–H groups in total. The molecule has 0 spiro atoms. The van der Waals surface area contributed by atoms with Gasteiger partial charge in [-0.1, -0.05) is 13.0 Å². The summed E-state index contributed by atoms with van der Waals surface area (Å²) in [5.41, 5.74) is 0. The van der Waals surface area contributed by atoms with Crippen LogP contribution in [0.2, 0.25) is 0 Å². The van der Waals surface area contributed by atoms with Crippen molar-refractivity contribution in [2.75, 3.05) is 23.8 Å². The Morgan fingerprint density at radius 3 is 2.82 bits per heavy atom. The maximum atomic E-state index is 8.77. The molecular weight excluding hydrogens is 214 g/mol. The molecule has 0 saturated heterocycles. The second kappa shape index (κ2) is 7.90. The monoisotopic (exact) mass is 237 g/mol. The molecule has 0 aromatic carbocycles. The largest absolute Gasteiger partial charge is 0.396 e. The Hall–Kier alpha value is -1.29. The molecule has 1 unspecified atom stereocenters. The highest BCUT2D eigenvalue weighted by molar-refractivity contribution is 5.45. The van der Waals surface area contributed by atoms with Crippen LogP contribution in [0.4, 0.5) is 11.6 Å². The smallest absolute Gasteiger partial charge is 0.128 e. The van der Waals surface area contributed by atoms with Crippen LogP contribution >= 0.6 is 0 Å². The molecule has 0 saturated carbocycles. The minimum Gasteiger partial charge on any atom is -0.396 e. The van der Waals surface area contributed by atoms with Gasteiger partial charge in [0.15, 0.2) is 0 Å². The molecule has 1 aromatic heterocycles. The van der Waals surface area contributed by atoms with Crippen LogP contribution in [0.1, 0.15) is 33.1 Å². The third-order valence-electron chi connectivity index (χ3n) is 2.49. The molecule has 0 aliphatic rings. The first-order valence-electron chi connectivity index (χ1n) is 6.34. The van der Waals surface area contributed by atoms with Crippen LogP contribution in [0.15, 0.2) is 18.2 Å². The highest BCUT2D eigenvalue weighted by Gasteiger charge is 2.03. The zero-order valence-electron chi connectivity index (χ0n) is 10.7. The van der Waals surface area contributed by atoms with Gasteiger partial charge in [-0.3, -0.25) is 0 Å². The second-order valence-electron chi connectivity index (χ2n) is 4.25. The lowest BCUT2D eigenvalue weighted by atomic mass is 10.2. The van der Waals surface area contributed by atoms with E-state index in [2.05, 4.69) is 29.5 Å². The summed E-state index contributed by atoms with van der Waals surface area (Å²) >= 11 is 0. The van der Waals surface area contributed by atoms with Gasteiger partial charge >= 0.3 is 0 Å². The molecule has 1 rings (SSSR count). The summed E-state index contributed by atoms with van der Waals surface area (Å²) in [4.78, 5) is 4.47. The van der Waals surface area contributed by atoms with Crippen LogP contribution in [0.5, 0.6) is 0 Å². The number of rotatable bonds is 8. The van der Waals surface area contributed by atoms with E-state index in [1.54, 1.807) is 0 Å². The van der Waals surface area contributed by atoms with E-state index in [1.165, 1.54) is 0 Å². The minimum atomic E-state index is 0.248. The van der Waals surface area contributed by atoms with Crippen LogP contribution in [0, 0.1) is 0 Å². The summed E-state index contributed by atoms with van der Waals surface area (Å²) < 4.78 is 0. The molecule has 1 aromatic rings. The average Bonchev–Trinajstić information content (AvgIpc) is 2.34. The van der Waals surface area contributed by atoms with Crippen LogP contribution in [-0.2, 0) is 0 Å². The first-order chi connectivity index (χ1) is 8.26. The summed E-state index contributed by atoms with van der Waals surface area (Å²) in [5, 5.41) is 15.4. The van der Waals surface area contributed by atoms with Gasteiger partial charge < -0.3 is 15.7 Å². The fourth-order valence-electron chi connectivity index (χ4n) is 1.59. The Morgan fingerprint density at radius 2 is 2.12 bits per heavy atom. The Labute approximate surface area is 103 Å². The van der Waals surface area contributed by atoms with E-state index in [9.17, 15) is 0 Å². The van der Waals surface area contributed by atoms with Gasteiger partial charge in [0.1, 0.15) is 11.6 Å². The zero-order valence-corrected chi connectivity index (χ0v) is 10.7. The fourth-order valence-corrected chi connectivity index (χ4v) is 1.59. The molecule has 0 fully saturated rings. The quantitative estimate of drug-likeness (QED) is 0.650. The molecule has 4 nitrogen and oxygen atoms in total. The molecule has 4 heteroatoms. The predicted octanol–water partition coefficient (Wildman–Crippen LogP) is 2.48. The number of aromatic nitrogens is 1. The van der Waals surface area contributed by atoms with Crippen molar-refractivity contribution in [3.8, 4) is 0 Å². The zero-order chi connectivity index (χ0) is 12.5. The number of pyridine rings is 1. The minimum absolute atomic E-state index is 0.248. The lowest BCUT2D eigenvalue weighted by molar-refractivity contribution is 0.282. The first-order valence-corrected chi connectivity index (χ1v) is 6.34. The van der Waals surface area contributed by atoms with Gasteiger partial charge in [-0.2, -0.15) is 0 Å². The first kappa shape index (κ1) is 13.8. The topological polar surface area (TPSA) is 57.2 Å². The van der Waals surface area contributed by atoms with Crippen molar-refractivity contribution in [3.63, 3.8) is 0 Å². The summed E-state index contributed by atoms with van der Waals surface area (Å²) in [5.74, 6) is 1.79. The van der Waals surface area contributed by atoms with E-state index < -0.39 is 0 Å². The number of anilines is 2. The number of aliphatic hydroxyl groups excluding tert-OH is 1. The molecule has 0 amide bonds. The fraction of sp³-hybridized carbons (Fsp3) is 0.615. The molecule has 0 aliphatic carbocycles. The molecule has 0 radical (unpaired) electrons. The highest BCUT2D eigenvalue weighted by Crippen LogP contribution is 2.11. The van der Waals surface area contributed by atoms with Gasteiger partial charge in [-0.15, -0.1) is 0 Å². The van der Waals surface area contributed by atoms with Crippen molar-refractivity contribution in [2.24, 2.45) is 0 Å². The molecule has 1 heterocycles. The van der Waals surface area contributed by atoms with Crippen LogP contribution in [0.25, 0.3) is 0 Å². The third kappa shape index (κ3) is 5.54. The van der Waals surface area contributed by atoms with Gasteiger partial charge in [-0.05, 0) is 38.3 Å². The highest BCUT2D eigenvalue weighted by atomic mass is 16.2. The van der Waals surface area contributed by atoms with E-state index in [-0.39, 0.29) is 6.61 Å². The van der Waals surface area contributed by atoms with Gasteiger partial charge in [0.05, 0.1) is 0 Å². The standard InChI is InChI=1S/C13H23N3O/c1-3-9-14-12-7-4-8-13(16-12)15-11(2)6-5-10-17/h4,7-8,11,17H,3,5-6,9-10H2,1-2H3,(H2,14,15,16). The maximum Gasteiger partial charge on any atom is 0.128 e. The SMILES string of the molecule is CCCNc1cccc(NC(C)CCCO)n1. The normalized spacial score (nSPS) is 12.2. The van der Waals surface area contributed by atoms with E-state index in [0.29, 0.717) is 6.04 Å². The number of nitrogens with one attached hydrogen (secondary N) is 2. The van der Waals surface area contributed by atoms with Gasteiger partial charge in [0, 0.05) is 19.2 Å². The van der Waals surface area contributed by atoms with Crippen LogP contribution in [0.3, 0.4) is 0 Å². The van der Waals surface area contributed by atoms with Gasteiger partial charge in [0.25, 0.3) is 0 Å². The van der Waals surface area contributed by atoms with Gasteiger partial charge in [0.2, 0.25) is 0 Å². The van der Waals surface area contributed by atoms with Crippen molar-refractivity contribution in [2.45, 2.75) is 39.2 Å². The second-order valence-corrected chi connectivity index (χ2v) is 4.25. The van der Waals surface area contributed by atoms with Crippen molar-refractivity contribution >= 4 is 11.6 Å². The van der Waals surface area contributed by atoms with Crippen molar-refractivity contribution in [3.05, 3.63) is 18.2 Å². The van der Waals surface area contributed by atoms with Crippen molar-refractivity contribution in [1.29, 1.82) is 0 Å². The van der Waals surface area contributed by atoms with E-state index >= 15 is 0 Å². The third-order valence-corrected chi connectivity index (χ3v) is 2.49. The Bertz CT molecular complexity index is 317. The maximum absolute atomic E-state index is 8.77. The van der Waals surface area contributed by atoms with Crippen molar-refractivity contribution < 1.29 is 5.11 Å². The lowest BCUT2D eigenvalue weighted by Crippen LogP contribution is -2.16. The predicted molar refractivity (Wildman–Crippen MR) is 72.4 cm³/mol. The average molecular weight is 237 g/mol. The summed E-state index contributed by atoms with van der Waals surface area (Å²) in [7, 11) is 0. The molecule has 0 bridgehead atoms. The Kier molecular flexibility index (Phi) is 6.40. The van der Waals surface area contributed by atoms with Crippen LogP contribution in [-0.4, -0.2) is 29.3 Å². The molecular formula is C13H23N3O. The summed E-state index contributed by atoms with van der Waals surface area (Å²) in [6.07, 6.45) is 2.86. The van der Waals surface area contributed by atoms with E-state index in [1.807, 2.05) is 18.2 Å². The van der Waals surface area contributed by atoms with E-state index in [0.717, 1.165) is 37.4 Å². The number of hydrogen-bond donors (Lipinski definition) is 3. The lowest BCUT2D eigenvalue weighted by Gasteiger charge is -2.14. The van der Waals surface area contributed by atoms with Crippen molar-refractivity contribution in [1.82, 2.24) is 4.98 Å². The Morgan fingerprint density at radius 1 is 1.35 bits per heavy atom. The molecule has 96 valence electrons. The molecule has 1 atom stereocenters. The number of hydrogen-bond acceptors (Lipinski definition) is 4. The van der Waals surface area contributed by atoms with Gasteiger partial charge in [-0.25, -0.2) is 4.98 Å². The molecule has 0 aliphatic heterocycles. The summed E-state index contributed by atoms with van der Waals surface area (Å²) in [6.45, 7) is 5.42. The number of nitrogens with zero attached hydrogens (tertiary/aromatic N) is 1. The summed E-state index contributed by atoms with van der Waals surface area (Å²) in [6, 6.07) is 6.26.